The minimum atomic E-state index is -0.637. The first kappa shape index (κ1) is 25.9. The van der Waals surface area contributed by atoms with Crippen molar-refractivity contribution in [1.29, 1.82) is 0 Å². The molecular formula is C26H46N6O. The van der Waals surface area contributed by atoms with Gasteiger partial charge in [0, 0.05) is 17.6 Å². The van der Waals surface area contributed by atoms with Crippen molar-refractivity contribution in [3.63, 3.8) is 0 Å². The molecule has 0 spiro atoms. The zero-order chi connectivity index (χ0) is 23.5. The molecule has 3 unspecified atom stereocenters. The van der Waals surface area contributed by atoms with Gasteiger partial charge in [-0.1, -0.05) is 50.7 Å². The van der Waals surface area contributed by atoms with Crippen LogP contribution in [-0.4, -0.2) is 37.1 Å². The number of unbranched alkanes of at least 4 members (excludes halogenated alkanes) is 1. The maximum atomic E-state index is 13.2. The molecule has 3 rings (SSSR count). The van der Waals surface area contributed by atoms with Gasteiger partial charge in [0.05, 0.1) is 6.17 Å². The van der Waals surface area contributed by atoms with Crippen molar-refractivity contribution in [2.45, 2.75) is 102 Å². The summed E-state index contributed by atoms with van der Waals surface area (Å²) in [7, 11) is 0. The van der Waals surface area contributed by atoms with Crippen molar-refractivity contribution < 1.29 is 4.79 Å². The number of nitrogens with one attached hydrogen (secondary N) is 5. The fourth-order valence-corrected chi connectivity index (χ4v) is 5.40. The Bertz CT molecular complexity index is 718. The molecule has 3 atom stereocenters. The Balaban J connectivity index is 1.77. The average Bonchev–Trinajstić information content (AvgIpc) is 2.90. The monoisotopic (exact) mass is 458 g/mol. The van der Waals surface area contributed by atoms with Crippen LogP contribution in [0.4, 0.5) is 10.5 Å². The first-order chi connectivity index (χ1) is 16.0. The number of nitrogens with two attached hydrogens (primary N) is 1. The van der Waals surface area contributed by atoms with Gasteiger partial charge in [0.15, 0.2) is 5.79 Å². The summed E-state index contributed by atoms with van der Waals surface area (Å²) in [6.45, 7) is 5.91. The predicted molar refractivity (Wildman–Crippen MR) is 137 cm³/mol. The highest BCUT2D eigenvalue weighted by Gasteiger charge is 2.45. The topological polar surface area (TPSA) is 103 Å². The van der Waals surface area contributed by atoms with Gasteiger partial charge in [0.2, 0.25) is 0 Å². The molecule has 1 heterocycles. The van der Waals surface area contributed by atoms with E-state index in [1.165, 1.54) is 38.5 Å². The number of rotatable bonds is 8. The highest BCUT2D eigenvalue weighted by molar-refractivity contribution is 5.89. The van der Waals surface area contributed by atoms with Gasteiger partial charge in [0.25, 0.3) is 0 Å². The van der Waals surface area contributed by atoms with E-state index in [4.69, 9.17) is 5.73 Å². The number of hydrogen-bond donors (Lipinski definition) is 6. The van der Waals surface area contributed by atoms with E-state index >= 15 is 0 Å². The zero-order valence-electron chi connectivity index (χ0n) is 20.7. The second-order valence-electron chi connectivity index (χ2n) is 10.1. The van der Waals surface area contributed by atoms with Gasteiger partial charge in [-0.25, -0.2) is 4.79 Å². The summed E-state index contributed by atoms with van der Waals surface area (Å²) in [5.41, 5.74) is 7.62. The van der Waals surface area contributed by atoms with E-state index in [0.29, 0.717) is 5.92 Å². The van der Waals surface area contributed by atoms with Gasteiger partial charge in [-0.2, -0.15) is 0 Å². The smallest absolute Gasteiger partial charge is 0.321 e. The van der Waals surface area contributed by atoms with Crippen LogP contribution in [0.15, 0.2) is 24.3 Å². The Kier molecular flexibility index (Phi) is 10.4. The van der Waals surface area contributed by atoms with Crippen molar-refractivity contribution in [2.75, 3.05) is 18.4 Å². The molecule has 2 amide bonds. The molecule has 186 valence electrons. The van der Waals surface area contributed by atoms with Gasteiger partial charge in [-0.15, -0.1) is 0 Å². The molecule has 1 aromatic rings. The predicted octanol–water partition coefficient (Wildman–Crippen LogP) is 4.15. The second kappa shape index (κ2) is 13.3. The zero-order valence-corrected chi connectivity index (χ0v) is 20.7. The number of urea groups is 1. The quantitative estimate of drug-likeness (QED) is 0.329. The summed E-state index contributed by atoms with van der Waals surface area (Å²) in [5.74, 6) is -0.309. The summed E-state index contributed by atoms with van der Waals surface area (Å²) in [6, 6.07) is 8.06. The van der Waals surface area contributed by atoms with Gasteiger partial charge >= 0.3 is 6.03 Å². The minimum Gasteiger partial charge on any atom is -0.330 e. The summed E-state index contributed by atoms with van der Waals surface area (Å²) < 4.78 is 0. The molecule has 33 heavy (non-hydrogen) atoms. The van der Waals surface area contributed by atoms with Crippen molar-refractivity contribution in [3.8, 4) is 0 Å². The van der Waals surface area contributed by atoms with Crippen molar-refractivity contribution in [1.82, 2.24) is 21.3 Å². The van der Waals surface area contributed by atoms with Crippen LogP contribution in [0.2, 0.25) is 0 Å². The molecule has 1 aliphatic carbocycles. The first-order valence-corrected chi connectivity index (χ1v) is 13.2. The molecule has 0 bridgehead atoms. The van der Waals surface area contributed by atoms with Gasteiger partial charge in [-0.05, 0) is 76.7 Å². The van der Waals surface area contributed by atoms with E-state index in [2.05, 4.69) is 33.5 Å². The Morgan fingerprint density at radius 3 is 2.52 bits per heavy atom. The lowest BCUT2D eigenvalue weighted by atomic mass is 9.86. The molecule has 1 saturated carbocycles. The maximum absolute atomic E-state index is 13.2. The lowest BCUT2D eigenvalue weighted by molar-refractivity contribution is 0.0392. The van der Waals surface area contributed by atoms with Crippen LogP contribution >= 0.6 is 0 Å². The highest BCUT2D eigenvalue weighted by atomic mass is 16.2. The number of hydrogen-bond acceptors (Lipinski definition) is 5. The molecule has 1 saturated heterocycles. The molecule has 1 aliphatic heterocycles. The summed E-state index contributed by atoms with van der Waals surface area (Å²) in [6.07, 6.45) is 13.0. The second-order valence-corrected chi connectivity index (χ2v) is 10.1. The first-order valence-electron chi connectivity index (χ1n) is 13.2. The summed E-state index contributed by atoms with van der Waals surface area (Å²) in [5, 5.41) is 17.7. The number of aryl methyl sites for hydroxylation is 1. The fourth-order valence-electron chi connectivity index (χ4n) is 5.40. The average molecular weight is 459 g/mol. The largest absolute Gasteiger partial charge is 0.330 e. The number of anilines is 1. The van der Waals surface area contributed by atoms with Crippen molar-refractivity contribution in [2.24, 2.45) is 11.7 Å². The van der Waals surface area contributed by atoms with E-state index in [1.807, 2.05) is 31.2 Å². The van der Waals surface area contributed by atoms with Crippen LogP contribution in [-0.2, 0) is 0 Å². The summed E-state index contributed by atoms with van der Waals surface area (Å²) >= 11 is 0. The van der Waals surface area contributed by atoms with E-state index in [9.17, 15) is 4.79 Å². The van der Waals surface area contributed by atoms with Gasteiger partial charge in [-0.3, -0.25) is 10.6 Å². The van der Waals surface area contributed by atoms with Crippen LogP contribution in [0.5, 0.6) is 0 Å². The fraction of sp³-hybridized carbons (Fsp3) is 0.731. The van der Waals surface area contributed by atoms with Crippen molar-refractivity contribution in [3.05, 3.63) is 29.8 Å². The molecule has 0 aromatic heterocycles. The Hall–Kier alpha value is -1.67. The van der Waals surface area contributed by atoms with E-state index in [1.54, 1.807) is 0 Å². The molecule has 2 fully saturated rings. The third-order valence-corrected chi connectivity index (χ3v) is 7.04. The highest BCUT2D eigenvalue weighted by Crippen LogP contribution is 2.31. The van der Waals surface area contributed by atoms with E-state index in [-0.39, 0.29) is 18.2 Å². The Morgan fingerprint density at radius 1 is 1.09 bits per heavy atom. The molecule has 0 radical (unpaired) electrons. The third-order valence-electron chi connectivity index (χ3n) is 7.04. The normalized spacial score (nSPS) is 27.2. The Labute approximate surface area is 200 Å². The number of amides is 2. The number of carbonyl (C=O) groups excluding carboxylic acids is 1. The Morgan fingerprint density at radius 2 is 1.82 bits per heavy atom. The third kappa shape index (κ3) is 8.25. The van der Waals surface area contributed by atoms with Gasteiger partial charge in [0.1, 0.15) is 0 Å². The lowest BCUT2D eigenvalue weighted by Crippen LogP contribution is -2.79. The van der Waals surface area contributed by atoms with E-state index in [0.717, 1.165) is 56.4 Å². The lowest BCUT2D eigenvalue weighted by Gasteiger charge is -2.50. The van der Waals surface area contributed by atoms with Crippen LogP contribution < -0.4 is 32.3 Å². The molecule has 2 aliphatic rings. The van der Waals surface area contributed by atoms with E-state index < -0.39 is 5.79 Å². The van der Waals surface area contributed by atoms with Gasteiger partial charge < -0.3 is 21.7 Å². The van der Waals surface area contributed by atoms with Crippen LogP contribution in [0, 0.1) is 12.8 Å². The molecule has 7 heteroatoms. The SMILES string of the molecule is Cc1cccc(NC(=O)NC2(C3CCCCCCCC3)NC(C)CC(NCCCCN)N2)c1. The summed E-state index contributed by atoms with van der Waals surface area (Å²) in [4.78, 5) is 13.2. The molecule has 1 aromatic carbocycles. The minimum absolute atomic E-state index is 0.144. The van der Waals surface area contributed by atoms with Crippen LogP contribution in [0.25, 0.3) is 0 Å². The molecule has 7 N–H and O–H groups in total. The standard InChI is InChI=1S/C26H46N6O/c1-20-12-11-15-23(18-20)29-25(33)32-26(22-13-7-5-3-4-6-8-14-22)30-21(2)19-24(31-26)28-17-10-9-16-27/h11-12,15,18,21-22,24,28,30-31H,3-10,13-14,16-17,19,27H2,1-2H3,(H2,29,32,33). The molecular weight excluding hydrogens is 412 g/mol. The number of carbonyl (C=O) groups is 1. The molecule has 7 nitrogen and oxygen atoms in total. The van der Waals surface area contributed by atoms with Crippen LogP contribution in [0.3, 0.4) is 0 Å². The maximum Gasteiger partial charge on any atom is 0.321 e. The number of benzene rings is 1. The van der Waals surface area contributed by atoms with Crippen molar-refractivity contribution >= 4 is 11.7 Å². The van der Waals surface area contributed by atoms with Crippen LogP contribution in [0.1, 0.15) is 83.1 Å².